The molecule has 6 rings (SSSR count). The van der Waals surface area contributed by atoms with Crippen LogP contribution in [0.4, 0.5) is 0 Å². The number of nitrogens with two attached hydrogens (primary N) is 1. The Labute approximate surface area is 129 Å². The predicted octanol–water partition coefficient (Wildman–Crippen LogP) is 1.92. The fraction of sp³-hybridized carbons (Fsp3) is 1.00. The lowest BCUT2D eigenvalue weighted by Crippen LogP contribution is -2.72. The number of hydrogen-bond donors (Lipinski definition) is 1. The Morgan fingerprint density at radius 1 is 0.905 bits per heavy atom. The SMILES string of the molecule is NCC1(N2CCN3CCCC3C2)C2CC3CC(C2)CC1C3. The van der Waals surface area contributed by atoms with E-state index in [2.05, 4.69) is 9.80 Å². The molecule has 4 saturated carbocycles. The summed E-state index contributed by atoms with van der Waals surface area (Å²) in [6, 6.07) is 0.847. The summed E-state index contributed by atoms with van der Waals surface area (Å²) in [6.07, 6.45) is 10.4. The summed E-state index contributed by atoms with van der Waals surface area (Å²) in [5.74, 6) is 3.96. The highest BCUT2D eigenvalue weighted by Gasteiger charge is 2.59. The Kier molecular flexibility index (Phi) is 2.98. The maximum Gasteiger partial charge on any atom is 0.0389 e. The van der Waals surface area contributed by atoms with Gasteiger partial charge in [-0.25, -0.2) is 0 Å². The molecule has 6 aliphatic rings. The molecule has 4 bridgehead atoms. The highest BCUT2D eigenvalue weighted by Crippen LogP contribution is 2.60. The van der Waals surface area contributed by atoms with E-state index in [-0.39, 0.29) is 0 Å². The van der Waals surface area contributed by atoms with E-state index < -0.39 is 0 Å². The molecule has 0 amide bonds. The molecule has 1 atom stereocenters. The second-order valence-electron chi connectivity index (χ2n) is 8.78. The van der Waals surface area contributed by atoms with Crippen molar-refractivity contribution in [3.8, 4) is 0 Å². The maximum absolute atomic E-state index is 6.50. The van der Waals surface area contributed by atoms with Crippen LogP contribution in [0, 0.1) is 23.7 Å². The van der Waals surface area contributed by atoms with E-state index in [1.54, 1.807) is 6.42 Å². The zero-order valence-corrected chi connectivity index (χ0v) is 13.3. The molecule has 0 aromatic rings. The van der Waals surface area contributed by atoms with E-state index in [9.17, 15) is 0 Å². The summed E-state index contributed by atoms with van der Waals surface area (Å²) in [6.45, 7) is 6.19. The molecule has 3 nitrogen and oxygen atoms in total. The van der Waals surface area contributed by atoms with Gasteiger partial charge in [0.1, 0.15) is 0 Å². The molecule has 6 fully saturated rings. The third kappa shape index (κ3) is 1.77. The molecule has 3 heteroatoms. The van der Waals surface area contributed by atoms with Crippen molar-refractivity contribution in [1.29, 1.82) is 0 Å². The lowest BCUT2D eigenvalue weighted by molar-refractivity contribution is -0.144. The molecule has 118 valence electrons. The van der Waals surface area contributed by atoms with E-state index in [1.165, 1.54) is 64.7 Å². The molecule has 4 aliphatic carbocycles. The smallest absolute Gasteiger partial charge is 0.0389 e. The third-order valence-corrected chi connectivity index (χ3v) is 8.06. The van der Waals surface area contributed by atoms with E-state index in [0.29, 0.717) is 5.54 Å². The number of rotatable bonds is 2. The maximum atomic E-state index is 6.50. The molecule has 2 aliphatic heterocycles. The highest BCUT2D eigenvalue weighted by atomic mass is 15.3. The molecule has 2 saturated heterocycles. The first-order valence-electron chi connectivity index (χ1n) is 9.48. The Morgan fingerprint density at radius 3 is 2.29 bits per heavy atom. The molecular weight excluding hydrogens is 258 g/mol. The van der Waals surface area contributed by atoms with Crippen molar-refractivity contribution in [3.63, 3.8) is 0 Å². The summed E-state index contributed by atoms with van der Waals surface area (Å²) in [7, 11) is 0. The summed E-state index contributed by atoms with van der Waals surface area (Å²) in [5, 5.41) is 0. The van der Waals surface area contributed by atoms with Gasteiger partial charge in [0.05, 0.1) is 0 Å². The van der Waals surface area contributed by atoms with Crippen LogP contribution in [0.2, 0.25) is 0 Å². The minimum absolute atomic E-state index is 0.391. The van der Waals surface area contributed by atoms with Crippen molar-refractivity contribution in [3.05, 3.63) is 0 Å². The minimum atomic E-state index is 0.391. The van der Waals surface area contributed by atoms with Crippen molar-refractivity contribution in [2.75, 3.05) is 32.7 Å². The van der Waals surface area contributed by atoms with Gasteiger partial charge in [0.15, 0.2) is 0 Å². The lowest BCUT2D eigenvalue weighted by Gasteiger charge is -2.65. The normalized spacial score (nSPS) is 53.3. The van der Waals surface area contributed by atoms with Crippen LogP contribution < -0.4 is 5.73 Å². The zero-order valence-electron chi connectivity index (χ0n) is 13.3. The molecule has 0 spiro atoms. The van der Waals surface area contributed by atoms with Gasteiger partial charge in [-0.3, -0.25) is 9.80 Å². The molecule has 2 N–H and O–H groups in total. The first-order chi connectivity index (χ1) is 10.3. The average molecular weight is 289 g/mol. The molecular formula is C18H31N3. The van der Waals surface area contributed by atoms with Gasteiger partial charge in [-0.15, -0.1) is 0 Å². The van der Waals surface area contributed by atoms with Crippen LogP contribution in [0.15, 0.2) is 0 Å². The monoisotopic (exact) mass is 289 g/mol. The van der Waals surface area contributed by atoms with Crippen molar-refractivity contribution < 1.29 is 0 Å². The molecule has 21 heavy (non-hydrogen) atoms. The third-order valence-electron chi connectivity index (χ3n) is 8.06. The Morgan fingerprint density at radius 2 is 1.62 bits per heavy atom. The summed E-state index contributed by atoms with van der Waals surface area (Å²) in [5.41, 5.74) is 6.89. The summed E-state index contributed by atoms with van der Waals surface area (Å²) < 4.78 is 0. The lowest BCUT2D eigenvalue weighted by atomic mass is 9.48. The number of nitrogens with zero attached hydrogens (tertiary/aromatic N) is 2. The van der Waals surface area contributed by atoms with Crippen LogP contribution in [0.5, 0.6) is 0 Å². The molecule has 0 aromatic carbocycles. The van der Waals surface area contributed by atoms with Crippen LogP contribution >= 0.6 is 0 Å². The van der Waals surface area contributed by atoms with Crippen LogP contribution in [-0.4, -0.2) is 54.1 Å². The molecule has 2 heterocycles. The summed E-state index contributed by atoms with van der Waals surface area (Å²) in [4.78, 5) is 5.66. The van der Waals surface area contributed by atoms with Crippen LogP contribution in [0.25, 0.3) is 0 Å². The molecule has 0 radical (unpaired) electrons. The van der Waals surface area contributed by atoms with Gasteiger partial charge in [-0.1, -0.05) is 0 Å². The zero-order chi connectivity index (χ0) is 14.0. The Balaban J connectivity index is 1.45. The van der Waals surface area contributed by atoms with Gasteiger partial charge in [-0.2, -0.15) is 0 Å². The van der Waals surface area contributed by atoms with Crippen molar-refractivity contribution in [2.24, 2.45) is 29.4 Å². The highest BCUT2D eigenvalue weighted by molar-refractivity contribution is 5.13. The van der Waals surface area contributed by atoms with Crippen molar-refractivity contribution >= 4 is 0 Å². The fourth-order valence-electron chi connectivity index (χ4n) is 7.35. The second kappa shape index (κ2) is 4.69. The minimum Gasteiger partial charge on any atom is -0.329 e. The van der Waals surface area contributed by atoms with E-state index in [0.717, 1.165) is 36.3 Å². The number of hydrogen-bond acceptors (Lipinski definition) is 3. The first-order valence-corrected chi connectivity index (χ1v) is 9.48. The predicted molar refractivity (Wildman–Crippen MR) is 85.0 cm³/mol. The van der Waals surface area contributed by atoms with Gasteiger partial charge >= 0.3 is 0 Å². The first kappa shape index (κ1) is 13.3. The van der Waals surface area contributed by atoms with Crippen LogP contribution in [0.1, 0.15) is 44.9 Å². The largest absolute Gasteiger partial charge is 0.329 e. The molecule has 1 unspecified atom stereocenters. The Hall–Kier alpha value is -0.120. The second-order valence-corrected chi connectivity index (χ2v) is 8.78. The van der Waals surface area contributed by atoms with Gasteiger partial charge in [0, 0.05) is 37.8 Å². The number of fused-ring (bicyclic) bond motifs is 1. The Bertz CT molecular complexity index is 393. The van der Waals surface area contributed by atoms with Crippen LogP contribution in [0.3, 0.4) is 0 Å². The quantitative estimate of drug-likeness (QED) is 0.843. The van der Waals surface area contributed by atoms with Gasteiger partial charge < -0.3 is 5.73 Å². The van der Waals surface area contributed by atoms with Gasteiger partial charge in [0.2, 0.25) is 0 Å². The van der Waals surface area contributed by atoms with E-state index in [4.69, 9.17) is 5.73 Å². The van der Waals surface area contributed by atoms with Gasteiger partial charge in [-0.05, 0) is 75.2 Å². The fourth-order valence-corrected chi connectivity index (χ4v) is 7.35. The average Bonchev–Trinajstić information content (AvgIpc) is 2.95. The van der Waals surface area contributed by atoms with Crippen LogP contribution in [-0.2, 0) is 0 Å². The van der Waals surface area contributed by atoms with Gasteiger partial charge in [0.25, 0.3) is 0 Å². The number of piperazine rings is 1. The van der Waals surface area contributed by atoms with E-state index in [1.807, 2.05) is 0 Å². The van der Waals surface area contributed by atoms with E-state index >= 15 is 0 Å². The standard InChI is InChI=1S/C18H31N3/c19-12-18(21-5-4-20-3-1-2-17(20)11-21)15-7-13-6-14(9-15)10-16(18)8-13/h13-17H,1-12,19H2. The molecule has 0 aromatic heterocycles. The topological polar surface area (TPSA) is 32.5 Å². The summed E-state index contributed by atoms with van der Waals surface area (Å²) >= 11 is 0. The van der Waals surface area contributed by atoms with Crippen molar-refractivity contribution in [2.45, 2.75) is 56.5 Å². The van der Waals surface area contributed by atoms with Crippen molar-refractivity contribution in [1.82, 2.24) is 9.80 Å².